The Morgan fingerprint density at radius 1 is 1.03 bits per heavy atom. The Labute approximate surface area is 168 Å². The zero-order chi connectivity index (χ0) is 20.8. The minimum Gasteiger partial charge on any atom is -0.391 e. The number of rotatable bonds is 5. The summed E-state index contributed by atoms with van der Waals surface area (Å²) in [5.74, 6) is -0.865. The number of hydrogen-bond donors (Lipinski definition) is 4. The number of anilines is 1. The molecule has 1 saturated heterocycles. The van der Waals surface area contributed by atoms with E-state index >= 15 is 0 Å². The maximum Gasteiger partial charge on any atom is 0.318 e. The van der Waals surface area contributed by atoms with Crippen molar-refractivity contribution in [1.29, 1.82) is 0 Å². The molecule has 0 spiro atoms. The van der Waals surface area contributed by atoms with Crippen LogP contribution in [0.1, 0.15) is 6.92 Å². The minimum atomic E-state index is -1.22. The lowest BCUT2D eigenvalue weighted by Crippen LogP contribution is -2.58. The second-order valence-electron chi connectivity index (χ2n) is 6.79. The third kappa shape index (κ3) is 4.98. The molecule has 0 aliphatic carbocycles. The highest BCUT2D eigenvalue weighted by atomic mass is 16.5. The van der Waals surface area contributed by atoms with E-state index < -0.39 is 24.1 Å². The van der Waals surface area contributed by atoms with Gasteiger partial charge in [0.1, 0.15) is 12.4 Å². The monoisotopic (exact) mass is 400 g/mol. The molecule has 10 heteroatoms. The van der Waals surface area contributed by atoms with Gasteiger partial charge in [-0.1, -0.05) is 12.1 Å². The highest BCUT2D eigenvalue weighted by molar-refractivity contribution is 5.87. The van der Waals surface area contributed by atoms with Crippen molar-refractivity contribution >= 4 is 17.6 Å². The molecular formula is C19H24N6O4. The number of aliphatic hydroxyl groups is 1. The van der Waals surface area contributed by atoms with Crippen LogP contribution in [-0.4, -0.2) is 75.4 Å². The Hall–Kier alpha value is -3.24. The maximum atomic E-state index is 12.4. The number of hydroxylamine groups is 1. The van der Waals surface area contributed by atoms with Crippen molar-refractivity contribution in [2.45, 2.75) is 19.1 Å². The van der Waals surface area contributed by atoms with Gasteiger partial charge < -0.3 is 20.2 Å². The van der Waals surface area contributed by atoms with Crippen LogP contribution in [0.2, 0.25) is 0 Å². The summed E-state index contributed by atoms with van der Waals surface area (Å²) in [5.41, 5.74) is 4.47. The lowest BCUT2D eigenvalue weighted by molar-refractivity contribution is -0.133. The number of carbonyl (C=O) groups excluding carboxylic acids is 2. The zero-order valence-electron chi connectivity index (χ0n) is 16.0. The molecule has 154 valence electrons. The van der Waals surface area contributed by atoms with E-state index in [4.69, 9.17) is 5.21 Å². The van der Waals surface area contributed by atoms with Crippen LogP contribution in [0.25, 0.3) is 11.1 Å². The molecule has 0 radical (unpaired) electrons. The van der Waals surface area contributed by atoms with Gasteiger partial charge in [-0.05, 0) is 24.6 Å². The van der Waals surface area contributed by atoms with E-state index in [1.165, 1.54) is 18.7 Å². The largest absolute Gasteiger partial charge is 0.391 e. The van der Waals surface area contributed by atoms with Crippen molar-refractivity contribution in [3.05, 3.63) is 43.0 Å². The summed E-state index contributed by atoms with van der Waals surface area (Å²) in [6, 6.07) is 6.38. The van der Waals surface area contributed by atoms with Gasteiger partial charge in [0.25, 0.3) is 5.91 Å². The van der Waals surface area contributed by atoms with Crippen LogP contribution in [0.4, 0.5) is 10.5 Å². The average molecular weight is 400 g/mol. The molecule has 0 bridgehead atoms. The molecule has 1 aliphatic rings. The number of benzene rings is 1. The third-order valence-electron chi connectivity index (χ3n) is 4.85. The fourth-order valence-electron chi connectivity index (χ4n) is 3.18. The molecule has 0 saturated carbocycles. The predicted octanol–water partition coefficient (Wildman–Crippen LogP) is 0.230. The summed E-state index contributed by atoms with van der Waals surface area (Å²) >= 11 is 0. The summed E-state index contributed by atoms with van der Waals surface area (Å²) in [4.78, 5) is 35.8. The highest BCUT2D eigenvalue weighted by Gasteiger charge is 2.29. The Morgan fingerprint density at radius 3 is 2.21 bits per heavy atom. The summed E-state index contributed by atoms with van der Waals surface area (Å²) < 4.78 is 0. The molecule has 1 aromatic carbocycles. The van der Waals surface area contributed by atoms with Crippen LogP contribution in [0.5, 0.6) is 0 Å². The molecule has 1 fully saturated rings. The van der Waals surface area contributed by atoms with E-state index in [0.717, 1.165) is 16.8 Å². The standard InChI is InChI=1S/C19H24N6O4/c1-13(26)17(18(27)23-29)22-19(28)25-8-6-24(7-9-25)16-4-2-14(3-5-16)15-10-20-12-21-11-15/h2-5,10-13,17,26,29H,6-9H2,1H3,(H,22,28)(H,23,27)/t13-,17+/m1/s1. The molecule has 1 aliphatic heterocycles. The molecule has 2 atom stereocenters. The molecule has 2 aromatic rings. The van der Waals surface area contributed by atoms with Crippen molar-refractivity contribution in [3.8, 4) is 11.1 Å². The van der Waals surface area contributed by atoms with E-state index in [9.17, 15) is 14.7 Å². The molecule has 4 N–H and O–H groups in total. The Morgan fingerprint density at radius 2 is 1.66 bits per heavy atom. The molecular weight excluding hydrogens is 376 g/mol. The topological polar surface area (TPSA) is 131 Å². The van der Waals surface area contributed by atoms with Crippen LogP contribution < -0.4 is 15.7 Å². The lowest BCUT2D eigenvalue weighted by atomic mass is 10.1. The van der Waals surface area contributed by atoms with Crippen LogP contribution in [-0.2, 0) is 4.79 Å². The van der Waals surface area contributed by atoms with Gasteiger partial charge in [-0.25, -0.2) is 20.2 Å². The quantitative estimate of drug-likeness (QED) is 0.417. The smallest absolute Gasteiger partial charge is 0.318 e. The van der Waals surface area contributed by atoms with Gasteiger partial charge >= 0.3 is 6.03 Å². The predicted molar refractivity (Wildman–Crippen MR) is 105 cm³/mol. The summed E-state index contributed by atoms with van der Waals surface area (Å²) in [5, 5.41) is 20.8. The van der Waals surface area contributed by atoms with E-state index in [-0.39, 0.29) is 0 Å². The second kappa shape index (κ2) is 9.30. The summed E-state index contributed by atoms with van der Waals surface area (Å²) in [7, 11) is 0. The molecule has 29 heavy (non-hydrogen) atoms. The van der Waals surface area contributed by atoms with Gasteiger partial charge in [-0.15, -0.1) is 0 Å². The van der Waals surface area contributed by atoms with Gasteiger partial charge in [0.05, 0.1) is 6.10 Å². The van der Waals surface area contributed by atoms with Crippen LogP contribution in [0.3, 0.4) is 0 Å². The first kappa shape index (κ1) is 20.5. The average Bonchev–Trinajstić information content (AvgIpc) is 2.77. The number of carbonyl (C=O) groups is 2. The second-order valence-corrected chi connectivity index (χ2v) is 6.79. The Balaban J connectivity index is 1.56. The third-order valence-corrected chi connectivity index (χ3v) is 4.85. The van der Waals surface area contributed by atoms with Crippen LogP contribution in [0, 0.1) is 0 Å². The van der Waals surface area contributed by atoms with Crippen molar-refractivity contribution in [3.63, 3.8) is 0 Å². The van der Waals surface area contributed by atoms with Crippen molar-refractivity contribution in [2.24, 2.45) is 0 Å². The Kier molecular flexibility index (Phi) is 6.57. The number of urea groups is 1. The molecule has 10 nitrogen and oxygen atoms in total. The molecule has 1 aromatic heterocycles. The van der Waals surface area contributed by atoms with E-state index in [1.54, 1.807) is 17.3 Å². The first-order chi connectivity index (χ1) is 14.0. The summed E-state index contributed by atoms with van der Waals surface area (Å²) in [6.07, 6.45) is 3.88. The highest BCUT2D eigenvalue weighted by Crippen LogP contribution is 2.23. The fourth-order valence-corrected chi connectivity index (χ4v) is 3.18. The van der Waals surface area contributed by atoms with Gasteiger partial charge in [0.15, 0.2) is 0 Å². The van der Waals surface area contributed by atoms with E-state index in [0.29, 0.717) is 26.2 Å². The Bertz CT molecular complexity index is 822. The minimum absolute atomic E-state index is 0.460. The zero-order valence-corrected chi connectivity index (χ0v) is 16.0. The molecule has 3 rings (SSSR count). The fraction of sp³-hybridized carbons (Fsp3) is 0.368. The number of piperazine rings is 1. The van der Waals surface area contributed by atoms with E-state index in [2.05, 4.69) is 20.2 Å². The van der Waals surface area contributed by atoms with Gasteiger partial charge in [-0.3, -0.25) is 10.0 Å². The van der Waals surface area contributed by atoms with Crippen molar-refractivity contribution in [2.75, 3.05) is 31.1 Å². The van der Waals surface area contributed by atoms with Gasteiger partial charge in [-0.2, -0.15) is 0 Å². The van der Waals surface area contributed by atoms with Crippen LogP contribution >= 0.6 is 0 Å². The number of nitrogens with zero attached hydrogens (tertiary/aromatic N) is 4. The molecule has 3 amide bonds. The SMILES string of the molecule is C[C@@H](O)[C@H](NC(=O)N1CCN(c2ccc(-c3cncnc3)cc2)CC1)C(=O)NO. The van der Waals surface area contributed by atoms with Gasteiger partial charge in [0, 0.05) is 49.8 Å². The number of nitrogens with one attached hydrogen (secondary N) is 2. The lowest BCUT2D eigenvalue weighted by Gasteiger charge is -2.36. The number of amides is 3. The summed E-state index contributed by atoms with van der Waals surface area (Å²) in [6.45, 7) is 3.56. The molecule has 0 unspecified atom stereocenters. The van der Waals surface area contributed by atoms with E-state index in [1.807, 2.05) is 24.3 Å². The number of hydrogen-bond acceptors (Lipinski definition) is 7. The first-order valence-electron chi connectivity index (χ1n) is 9.27. The van der Waals surface area contributed by atoms with Crippen LogP contribution in [0.15, 0.2) is 43.0 Å². The normalized spacial score (nSPS) is 16.1. The molecule has 2 heterocycles. The van der Waals surface area contributed by atoms with Crippen molar-refractivity contribution < 1.29 is 19.9 Å². The van der Waals surface area contributed by atoms with Gasteiger partial charge in [0.2, 0.25) is 0 Å². The number of aromatic nitrogens is 2. The number of aliphatic hydroxyl groups excluding tert-OH is 1. The maximum absolute atomic E-state index is 12.4. The first-order valence-corrected chi connectivity index (χ1v) is 9.27. The van der Waals surface area contributed by atoms with Crippen molar-refractivity contribution in [1.82, 2.24) is 25.7 Å².